The van der Waals surface area contributed by atoms with Gasteiger partial charge in [0.2, 0.25) is 5.91 Å². The molecule has 1 aromatic heterocycles. The number of amides is 3. The number of carboxylic acid groups (broad SMARTS) is 1. The molecule has 0 saturated heterocycles. The number of aliphatic hydroxyl groups is 1. The van der Waals surface area contributed by atoms with Crippen LogP contribution in [0.2, 0.25) is 0 Å². The Morgan fingerprint density at radius 3 is 2.21 bits per heavy atom. The number of rotatable bonds is 17. The molecule has 1 aliphatic heterocycles. The third-order valence-electron chi connectivity index (χ3n) is 10.6. The number of carbonyl (C=O) groups excluding carboxylic acids is 5. The zero-order valence-electron chi connectivity index (χ0n) is 34.0. The van der Waals surface area contributed by atoms with Crippen molar-refractivity contribution in [2.45, 2.75) is 90.5 Å². The fourth-order valence-electron chi connectivity index (χ4n) is 7.56. The number of Topliss-reactive ketones (excluding diaryl/α,β-unsaturated/α-hetero) is 2. The van der Waals surface area contributed by atoms with Crippen molar-refractivity contribution in [2.24, 2.45) is 23.0 Å². The van der Waals surface area contributed by atoms with Crippen molar-refractivity contribution < 1.29 is 60.9 Å². The molecule has 1 aliphatic carbocycles. The Morgan fingerprint density at radius 2 is 1.62 bits per heavy atom. The van der Waals surface area contributed by atoms with E-state index in [2.05, 4.69) is 0 Å². The van der Waals surface area contributed by atoms with Crippen molar-refractivity contribution in [3.05, 3.63) is 89.9 Å². The van der Waals surface area contributed by atoms with Gasteiger partial charge in [-0.05, 0) is 67.2 Å². The Hall–Kier alpha value is -5.62. The predicted octanol–water partition coefficient (Wildman–Crippen LogP) is 5.79. The van der Waals surface area contributed by atoms with Gasteiger partial charge in [0.1, 0.15) is 35.6 Å². The fourth-order valence-corrected chi connectivity index (χ4v) is 7.56. The van der Waals surface area contributed by atoms with Crippen molar-refractivity contribution in [3.8, 4) is 11.3 Å². The molecule has 1 fully saturated rings. The maximum absolute atomic E-state index is 15.0. The van der Waals surface area contributed by atoms with Crippen LogP contribution in [-0.2, 0) is 35.3 Å². The number of hydrogen-bond donors (Lipinski definition) is 3. The van der Waals surface area contributed by atoms with Crippen molar-refractivity contribution in [2.75, 3.05) is 19.7 Å². The molecule has 61 heavy (non-hydrogen) atoms. The number of imidazole rings is 1. The minimum absolute atomic E-state index is 0.0133. The van der Waals surface area contributed by atoms with Gasteiger partial charge in [-0.3, -0.25) is 28.9 Å². The minimum atomic E-state index is -5.08. The number of carboxylic acids is 1. The number of hydrogen-bond acceptors (Lipinski definition) is 9. The van der Waals surface area contributed by atoms with E-state index in [-0.39, 0.29) is 78.8 Å². The van der Waals surface area contributed by atoms with Crippen molar-refractivity contribution >= 4 is 35.3 Å². The van der Waals surface area contributed by atoms with Crippen molar-refractivity contribution in [3.63, 3.8) is 0 Å². The van der Waals surface area contributed by atoms with Crippen molar-refractivity contribution in [1.82, 2.24) is 19.4 Å². The highest BCUT2D eigenvalue weighted by Gasteiger charge is 2.40. The zero-order chi connectivity index (χ0) is 45.2. The molecule has 0 radical (unpaired) electrons. The second-order valence-corrected chi connectivity index (χ2v) is 16.2. The fraction of sp³-hybridized carbons (Fsp3) is 0.465. The first-order chi connectivity index (χ1) is 28.6. The van der Waals surface area contributed by atoms with Gasteiger partial charge in [0.25, 0.3) is 11.8 Å². The van der Waals surface area contributed by atoms with Gasteiger partial charge >= 0.3 is 12.1 Å². The molecule has 4 N–H and O–H groups in total. The molecule has 0 bridgehead atoms. The van der Waals surface area contributed by atoms with Crippen LogP contribution < -0.4 is 5.73 Å². The van der Waals surface area contributed by atoms with Gasteiger partial charge in [-0.2, -0.15) is 13.2 Å². The molecular weight excluding hydrogens is 809 g/mol. The summed E-state index contributed by atoms with van der Waals surface area (Å²) in [5.74, 6) is -5.35. The number of imide groups is 1. The van der Waals surface area contributed by atoms with Gasteiger partial charge in [0.05, 0.1) is 17.8 Å². The van der Waals surface area contributed by atoms with E-state index in [4.69, 9.17) is 20.6 Å². The van der Waals surface area contributed by atoms with E-state index in [0.717, 1.165) is 28.7 Å². The Labute approximate surface area is 349 Å². The molecule has 5 rings (SSSR count). The number of alkyl halides is 3. The Balaban J connectivity index is 0.00000107. The Morgan fingerprint density at radius 1 is 0.984 bits per heavy atom. The number of benzene rings is 2. The number of nitrogens with two attached hydrogens (primary N) is 1. The van der Waals surface area contributed by atoms with E-state index in [0.29, 0.717) is 38.1 Å². The summed E-state index contributed by atoms with van der Waals surface area (Å²) in [7, 11) is 0. The standard InChI is InChI=1S/C41H49F2N5O6.C2HF3O2/c1-41(2,3)39(40-45-33(30-22-29(42)13-14-31(30)43)24-46(40)23-26-8-5-4-6-9-26)48(38(54)25-49)19-17-32(44)35(51)21-27-11-12-28(20-27)34(50)10-7-18-47-36(52)15-16-37(47)53;3-2(4,5)1(6)7/h4-6,8-9,13-16,22,24,27-28,32,39,49H,7,10-12,17-21,23,25,44H2,1-3H3;(H,6,7)/t27-,28-,32-,39-;/m0./s1. The molecule has 330 valence electrons. The molecule has 13 nitrogen and oxygen atoms in total. The summed E-state index contributed by atoms with van der Waals surface area (Å²) >= 11 is 0. The smallest absolute Gasteiger partial charge is 0.475 e. The van der Waals surface area contributed by atoms with Crippen LogP contribution in [0.3, 0.4) is 0 Å². The van der Waals surface area contributed by atoms with Gasteiger partial charge in [0.15, 0.2) is 0 Å². The first-order valence-electron chi connectivity index (χ1n) is 19.7. The molecular formula is C43H50F5N5O8. The molecule has 3 aromatic rings. The van der Waals surface area contributed by atoms with Gasteiger partial charge < -0.3 is 25.4 Å². The van der Waals surface area contributed by atoms with Crippen LogP contribution in [-0.4, -0.2) is 96.7 Å². The third kappa shape index (κ3) is 13.2. The molecule has 0 spiro atoms. The predicted molar refractivity (Wildman–Crippen MR) is 211 cm³/mol. The summed E-state index contributed by atoms with van der Waals surface area (Å²) in [6, 6.07) is 10.9. The minimum Gasteiger partial charge on any atom is -0.475 e. The summed E-state index contributed by atoms with van der Waals surface area (Å²) in [6.45, 7) is 5.43. The second kappa shape index (κ2) is 20.8. The molecule has 3 amide bonds. The summed E-state index contributed by atoms with van der Waals surface area (Å²) in [6.07, 6.45) is 1.80. The van der Waals surface area contributed by atoms with E-state index in [9.17, 15) is 46.6 Å². The largest absolute Gasteiger partial charge is 0.490 e. The lowest BCUT2D eigenvalue weighted by Gasteiger charge is -2.40. The SMILES string of the molecule is CC(C)(C)[C@H](c1nc(-c2cc(F)ccc2F)cn1Cc1ccccc1)N(CC[C@H](N)C(=O)C[C@H]1CC[C@H](C(=O)CCCN2C(=O)C=CC2=O)C1)C(=O)CO.O=C(O)C(F)(F)F. The van der Waals surface area contributed by atoms with E-state index < -0.39 is 53.8 Å². The number of aromatic nitrogens is 2. The van der Waals surface area contributed by atoms with E-state index in [1.165, 1.54) is 17.1 Å². The van der Waals surface area contributed by atoms with Crippen LogP contribution >= 0.6 is 0 Å². The quantitative estimate of drug-likeness (QED) is 0.111. The van der Waals surface area contributed by atoms with Gasteiger partial charge in [-0.25, -0.2) is 18.6 Å². The average Bonchev–Trinajstić information content (AvgIpc) is 3.92. The molecule has 2 aliphatic rings. The number of aliphatic hydroxyl groups excluding tert-OH is 1. The highest BCUT2D eigenvalue weighted by molar-refractivity contribution is 6.12. The summed E-state index contributed by atoms with van der Waals surface area (Å²) < 4.78 is 62.8. The van der Waals surface area contributed by atoms with Crippen LogP contribution in [0.15, 0.2) is 66.9 Å². The Bertz CT molecular complexity index is 2080. The highest BCUT2D eigenvalue weighted by Crippen LogP contribution is 2.40. The summed E-state index contributed by atoms with van der Waals surface area (Å²) in [4.78, 5) is 79.6. The normalized spacial score (nSPS) is 17.5. The third-order valence-corrected chi connectivity index (χ3v) is 10.6. The number of carbonyl (C=O) groups is 6. The van der Waals surface area contributed by atoms with Gasteiger partial charge in [0, 0.05) is 62.3 Å². The summed E-state index contributed by atoms with van der Waals surface area (Å²) in [5.41, 5.74) is 6.81. The molecule has 0 unspecified atom stereocenters. The molecule has 2 aromatic carbocycles. The summed E-state index contributed by atoms with van der Waals surface area (Å²) in [5, 5.41) is 17.2. The lowest BCUT2D eigenvalue weighted by molar-refractivity contribution is -0.192. The molecule has 18 heteroatoms. The maximum Gasteiger partial charge on any atom is 0.490 e. The lowest BCUT2D eigenvalue weighted by atomic mass is 9.84. The first kappa shape index (κ1) is 48.1. The zero-order valence-corrected chi connectivity index (χ0v) is 34.0. The molecule has 2 heterocycles. The van der Waals surface area contributed by atoms with Crippen LogP contribution in [0, 0.1) is 28.9 Å². The number of aliphatic carboxylic acids is 1. The highest BCUT2D eigenvalue weighted by atomic mass is 19.4. The molecule has 4 atom stereocenters. The first-order valence-corrected chi connectivity index (χ1v) is 19.7. The van der Waals surface area contributed by atoms with Crippen LogP contribution in [0.25, 0.3) is 11.3 Å². The van der Waals surface area contributed by atoms with Crippen LogP contribution in [0.4, 0.5) is 22.0 Å². The van der Waals surface area contributed by atoms with Gasteiger partial charge in [-0.15, -0.1) is 0 Å². The monoisotopic (exact) mass is 859 g/mol. The van der Waals surface area contributed by atoms with Gasteiger partial charge in [-0.1, -0.05) is 51.1 Å². The number of ketones is 2. The Kier molecular flexibility index (Phi) is 16.4. The second-order valence-electron chi connectivity index (χ2n) is 16.2. The number of halogens is 5. The van der Waals surface area contributed by atoms with E-state index in [1.54, 1.807) is 10.8 Å². The van der Waals surface area contributed by atoms with E-state index in [1.807, 2.05) is 51.1 Å². The topological polar surface area (TPSA) is 193 Å². The van der Waals surface area contributed by atoms with Crippen LogP contribution in [0.1, 0.15) is 83.1 Å². The number of nitrogens with zero attached hydrogens (tertiary/aromatic N) is 4. The molecule has 1 saturated carbocycles. The van der Waals surface area contributed by atoms with Crippen molar-refractivity contribution in [1.29, 1.82) is 0 Å². The van der Waals surface area contributed by atoms with Crippen LogP contribution in [0.5, 0.6) is 0 Å². The maximum atomic E-state index is 15.0. The van der Waals surface area contributed by atoms with E-state index >= 15 is 4.39 Å². The average molecular weight is 860 g/mol. The lowest BCUT2D eigenvalue weighted by Crippen LogP contribution is -2.46.